The number of hydrazone groups is 1. The number of esters is 1. The molecule has 0 amide bonds. The second-order valence-corrected chi connectivity index (χ2v) is 6.55. The lowest BCUT2D eigenvalue weighted by Gasteiger charge is -2.32. The second kappa shape index (κ2) is 7.90. The minimum atomic E-state index is -1.64. The van der Waals surface area contributed by atoms with E-state index in [4.69, 9.17) is 16.3 Å². The fourth-order valence-electron chi connectivity index (χ4n) is 2.90. The largest absolute Gasteiger partial charge is 0.461 e. The van der Waals surface area contributed by atoms with Gasteiger partial charge < -0.3 is 9.84 Å². The molecular formula is C20H19ClN2O4. The minimum Gasteiger partial charge on any atom is -0.461 e. The molecule has 0 bridgehead atoms. The van der Waals surface area contributed by atoms with Crippen molar-refractivity contribution in [1.29, 1.82) is 0 Å². The average Bonchev–Trinajstić information content (AvgIpc) is 3.01. The van der Waals surface area contributed by atoms with Gasteiger partial charge in [-0.2, -0.15) is 5.10 Å². The van der Waals surface area contributed by atoms with Gasteiger partial charge in [0.25, 0.3) is 0 Å². The summed E-state index contributed by atoms with van der Waals surface area (Å²) >= 11 is 5.93. The molecule has 0 saturated heterocycles. The molecule has 1 heterocycles. The van der Waals surface area contributed by atoms with Crippen LogP contribution in [0.25, 0.3) is 0 Å². The molecule has 27 heavy (non-hydrogen) atoms. The van der Waals surface area contributed by atoms with Crippen molar-refractivity contribution in [2.75, 3.05) is 13.2 Å². The Morgan fingerprint density at radius 2 is 1.85 bits per heavy atom. The number of aliphatic hydroxyl groups is 1. The van der Waals surface area contributed by atoms with Gasteiger partial charge in [-0.15, -0.1) is 0 Å². The van der Waals surface area contributed by atoms with Crippen molar-refractivity contribution in [3.05, 3.63) is 70.7 Å². The standard InChI is InChI=1S/C20H19ClN2O4/c1-2-27-19(25)17-12-20(26,15-8-10-16(21)11-9-15)23(22-17)13-18(24)14-6-4-3-5-7-14/h3-11,26H,2,12-13H2,1H3/t20-/m1/s1. The Hall–Kier alpha value is -2.70. The van der Waals surface area contributed by atoms with E-state index in [9.17, 15) is 14.7 Å². The highest BCUT2D eigenvalue weighted by Crippen LogP contribution is 2.36. The number of benzene rings is 2. The predicted molar refractivity (Wildman–Crippen MR) is 102 cm³/mol. The van der Waals surface area contributed by atoms with Gasteiger partial charge in [-0.1, -0.05) is 54.1 Å². The number of hydrogen-bond donors (Lipinski definition) is 1. The summed E-state index contributed by atoms with van der Waals surface area (Å²) in [5, 5.41) is 17.2. The van der Waals surface area contributed by atoms with E-state index >= 15 is 0 Å². The highest BCUT2D eigenvalue weighted by Gasteiger charge is 2.45. The van der Waals surface area contributed by atoms with Gasteiger partial charge >= 0.3 is 5.97 Å². The molecular weight excluding hydrogens is 368 g/mol. The maximum atomic E-state index is 12.6. The highest BCUT2D eigenvalue weighted by molar-refractivity contribution is 6.37. The van der Waals surface area contributed by atoms with Crippen LogP contribution in [0.2, 0.25) is 5.02 Å². The zero-order chi connectivity index (χ0) is 19.4. The Morgan fingerprint density at radius 1 is 1.19 bits per heavy atom. The molecule has 3 rings (SSSR count). The summed E-state index contributed by atoms with van der Waals surface area (Å²) in [6.45, 7) is 1.70. The van der Waals surface area contributed by atoms with E-state index in [0.717, 1.165) is 0 Å². The van der Waals surface area contributed by atoms with Gasteiger partial charge in [0.05, 0.1) is 13.0 Å². The monoisotopic (exact) mass is 386 g/mol. The van der Waals surface area contributed by atoms with E-state index in [1.807, 2.05) is 6.07 Å². The van der Waals surface area contributed by atoms with Crippen molar-refractivity contribution in [2.24, 2.45) is 5.10 Å². The molecule has 140 valence electrons. The van der Waals surface area contributed by atoms with E-state index in [1.54, 1.807) is 55.5 Å². The predicted octanol–water partition coefficient (Wildman–Crippen LogP) is 2.99. The SMILES string of the molecule is CCOC(=O)C1=NN(CC(=O)c2ccccc2)[C@](O)(c2ccc(Cl)cc2)C1. The lowest BCUT2D eigenvalue weighted by atomic mass is 9.97. The third-order valence-corrected chi connectivity index (χ3v) is 4.54. The van der Waals surface area contributed by atoms with E-state index in [2.05, 4.69) is 5.10 Å². The molecule has 0 unspecified atom stereocenters. The molecule has 1 aliphatic heterocycles. The third kappa shape index (κ3) is 4.02. The first-order valence-corrected chi connectivity index (χ1v) is 8.90. The number of Topliss-reactive ketones (excluding diaryl/α,β-unsaturated/α-hetero) is 1. The molecule has 0 spiro atoms. The van der Waals surface area contributed by atoms with Gasteiger partial charge in [0.2, 0.25) is 0 Å². The second-order valence-electron chi connectivity index (χ2n) is 6.11. The highest BCUT2D eigenvalue weighted by atomic mass is 35.5. The van der Waals surface area contributed by atoms with Crippen LogP contribution in [0.15, 0.2) is 59.7 Å². The van der Waals surface area contributed by atoms with Crippen LogP contribution in [0.3, 0.4) is 0 Å². The molecule has 2 aromatic carbocycles. The maximum absolute atomic E-state index is 12.6. The quantitative estimate of drug-likeness (QED) is 0.610. The number of ether oxygens (including phenoxy) is 1. The third-order valence-electron chi connectivity index (χ3n) is 4.29. The van der Waals surface area contributed by atoms with Crippen molar-refractivity contribution in [1.82, 2.24) is 5.01 Å². The van der Waals surface area contributed by atoms with Crippen LogP contribution in [0.5, 0.6) is 0 Å². The molecule has 1 atom stereocenters. The first kappa shape index (κ1) is 19.1. The molecule has 0 fully saturated rings. The smallest absolute Gasteiger partial charge is 0.354 e. The Labute approximate surface area is 162 Å². The van der Waals surface area contributed by atoms with Crippen LogP contribution in [0, 0.1) is 0 Å². The van der Waals surface area contributed by atoms with Crippen molar-refractivity contribution >= 4 is 29.1 Å². The first-order valence-electron chi connectivity index (χ1n) is 8.53. The van der Waals surface area contributed by atoms with Crippen molar-refractivity contribution in [2.45, 2.75) is 19.1 Å². The number of ketones is 1. The molecule has 2 aromatic rings. The van der Waals surface area contributed by atoms with Crippen molar-refractivity contribution in [3.63, 3.8) is 0 Å². The number of carbonyl (C=O) groups excluding carboxylic acids is 2. The molecule has 7 heteroatoms. The van der Waals surface area contributed by atoms with E-state index < -0.39 is 11.7 Å². The van der Waals surface area contributed by atoms with Gasteiger partial charge in [-0.05, 0) is 19.1 Å². The Balaban J connectivity index is 1.92. The molecule has 1 N–H and O–H groups in total. The van der Waals surface area contributed by atoms with Crippen LogP contribution in [-0.2, 0) is 15.3 Å². The zero-order valence-corrected chi connectivity index (χ0v) is 15.5. The van der Waals surface area contributed by atoms with Crippen LogP contribution < -0.4 is 0 Å². The number of rotatable bonds is 6. The normalized spacial score (nSPS) is 18.9. The van der Waals surface area contributed by atoms with Gasteiger partial charge in [-0.25, -0.2) is 4.79 Å². The van der Waals surface area contributed by atoms with Gasteiger partial charge in [0.1, 0.15) is 6.54 Å². The van der Waals surface area contributed by atoms with Crippen LogP contribution in [0.4, 0.5) is 0 Å². The fraction of sp³-hybridized carbons (Fsp3) is 0.250. The number of hydrogen-bond acceptors (Lipinski definition) is 6. The number of halogens is 1. The molecule has 0 radical (unpaired) electrons. The fourth-order valence-corrected chi connectivity index (χ4v) is 3.03. The van der Waals surface area contributed by atoms with E-state index in [0.29, 0.717) is 16.1 Å². The Kier molecular flexibility index (Phi) is 5.58. The lowest BCUT2D eigenvalue weighted by Crippen LogP contribution is -2.42. The van der Waals surface area contributed by atoms with Gasteiger partial charge in [-0.3, -0.25) is 9.80 Å². The number of nitrogens with zero attached hydrogens (tertiary/aromatic N) is 2. The summed E-state index contributed by atoms with van der Waals surface area (Å²) in [4.78, 5) is 24.7. The molecule has 1 aliphatic rings. The minimum absolute atomic E-state index is 0.0650. The summed E-state index contributed by atoms with van der Waals surface area (Å²) in [5.41, 5.74) is -0.598. The van der Waals surface area contributed by atoms with Gasteiger partial charge in [0.15, 0.2) is 17.2 Å². The molecule has 0 aliphatic carbocycles. The van der Waals surface area contributed by atoms with Crippen molar-refractivity contribution < 1.29 is 19.4 Å². The maximum Gasteiger partial charge on any atom is 0.354 e. The van der Waals surface area contributed by atoms with E-state index in [-0.39, 0.29) is 31.1 Å². The summed E-state index contributed by atoms with van der Waals surface area (Å²) in [6.07, 6.45) is -0.0878. The number of carbonyl (C=O) groups is 2. The van der Waals surface area contributed by atoms with E-state index in [1.165, 1.54) is 5.01 Å². The topological polar surface area (TPSA) is 79.2 Å². The first-order chi connectivity index (χ1) is 12.9. The van der Waals surface area contributed by atoms with Crippen molar-refractivity contribution in [3.8, 4) is 0 Å². The molecule has 0 saturated carbocycles. The summed E-state index contributed by atoms with van der Waals surface area (Å²) in [7, 11) is 0. The Morgan fingerprint density at radius 3 is 2.48 bits per heavy atom. The van der Waals surface area contributed by atoms with Gasteiger partial charge in [0, 0.05) is 16.1 Å². The molecule has 0 aromatic heterocycles. The van der Waals surface area contributed by atoms with Crippen LogP contribution >= 0.6 is 11.6 Å². The van der Waals surface area contributed by atoms with Crippen LogP contribution in [0.1, 0.15) is 29.3 Å². The Bertz CT molecular complexity index is 867. The average molecular weight is 387 g/mol. The summed E-state index contributed by atoms with van der Waals surface area (Å²) in [6, 6.07) is 15.3. The summed E-state index contributed by atoms with van der Waals surface area (Å²) < 4.78 is 5.00. The summed E-state index contributed by atoms with van der Waals surface area (Å²) in [5.74, 6) is -0.837. The molecule has 6 nitrogen and oxygen atoms in total. The lowest BCUT2D eigenvalue weighted by molar-refractivity contribution is -0.135. The zero-order valence-electron chi connectivity index (χ0n) is 14.8. The van der Waals surface area contributed by atoms with Crippen LogP contribution in [-0.4, -0.2) is 40.7 Å².